The molecule has 0 aromatic heterocycles. The highest BCUT2D eigenvalue weighted by Gasteiger charge is 2.36. The molecule has 0 aromatic carbocycles. The van der Waals surface area contributed by atoms with Crippen LogP contribution in [0.5, 0.6) is 0 Å². The maximum atomic E-state index is 12.6. The molecule has 4 unspecified atom stereocenters. The van der Waals surface area contributed by atoms with E-state index in [4.69, 9.17) is 4.74 Å². The number of carbonyl (C=O) groups excluding carboxylic acids is 1. The molecular weight excluding hydrogens is 228 g/mol. The molecule has 104 valence electrons. The zero-order valence-electron chi connectivity index (χ0n) is 11.8. The van der Waals surface area contributed by atoms with Gasteiger partial charge in [0.25, 0.3) is 0 Å². The van der Waals surface area contributed by atoms with E-state index in [1.165, 1.54) is 0 Å². The lowest BCUT2D eigenvalue weighted by molar-refractivity contribution is -0.139. The molecule has 4 atom stereocenters. The van der Waals surface area contributed by atoms with Gasteiger partial charge in [-0.3, -0.25) is 4.79 Å². The molecule has 4 heteroatoms. The average molecular weight is 254 g/mol. The number of hydrogen-bond acceptors (Lipinski definition) is 3. The van der Waals surface area contributed by atoms with Crippen molar-refractivity contribution in [2.75, 3.05) is 19.7 Å². The maximum absolute atomic E-state index is 12.6. The van der Waals surface area contributed by atoms with Gasteiger partial charge in [-0.2, -0.15) is 0 Å². The van der Waals surface area contributed by atoms with Gasteiger partial charge in [-0.1, -0.05) is 13.8 Å². The van der Waals surface area contributed by atoms with Gasteiger partial charge in [0.2, 0.25) is 5.91 Å². The van der Waals surface area contributed by atoms with Crippen LogP contribution in [0.4, 0.5) is 0 Å². The molecule has 2 rings (SSSR count). The molecule has 2 saturated heterocycles. The number of rotatable bonds is 3. The summed E-state index contributed by atoms with van der Waals surface area (Å²) in [6.07, 6.45) is 3.23. The van der Waals surface area contributed by atoms with Crippen LogP contribution in [-0.4, -0.2) is 48.7 Å². The van der Waals surface area contributed by atoms with Crippen LogP contribution in [0.25, 0.3) is 0 Å². The summed E-state index contributed by atoms with van der Waals surface area (Å²) in [6.45, 7) is 8.79. The molecule has 0 bridgehead atoms. The molecule has 2 fully saturated rings. The summed E-state index contributed by atoms with van der Waals surface area (Å²) in [5.74, 6) is 0.399. The van der Waals surface area contributed by atoms with Crippen molar-refractivity contribution >= 4 is 5.91 Å². The monoisotopic (exact) mass is 254 g/mol. The lowest BCUT2D eigenvalue weighted by atomic mass is 9.99. The van der Waals surface area contributed by atoms with Crippen molar-refractivity contribution in [3.63, 3.8) is 0 Å². The van der Waals surface area contributed by atoms with Crippen molar-refractivity contribution in [1.29, 1.82) is 0 Å². The van der Waals surface area contributed by atoms with E-state index < -0.39 is 0 Å². The summed E-state index contributed by atoms with van der Waals surface area (Å²) in [5.41, 5.74) is 0. The van der Waals surface area contributed by atoms with Gasteiger partial charge < -0.3 is 15.0 Å². The van der Waals surface area contributed by atoms with Crippen molar-refractivity contribution in [2.24, 2.45) is 5.92 Å². The van der Waals surface area contributed by atoms with Gasteiger partial charge in [0, 0.05) is 25.2 Å². The van der Waals surface area contributed by atoms with E-state index in [0.29, 0.717) is 24.6 Å². The predicted molar refractivity (Wildman–Crippen MR) is 71.4 cm³/mol. The Kier molecular flexibility index (Phi) is 4.62. The fraction of sp³-hybridized carbons (Fsp3) is 0.929. The van der Waals surface area contributed by atoms with E-state index in [9.17, 15) is 4.79 Å². The van der Waals surface area contributed by atoms with Crippen LogP contribution in [0, 0.1) is 5.92 Å². The number of amides is 1. The molecule has 2 aliphatic rings. The summed E-state index contributed by atoms with van der Waals surface area (Å²) >= 11 is 0. The number of nitrogens with zero attached hydrogens (tertiary/aromatic N) is 1. The molecule has 4 nitrogen and oxygen atoms in total. The molecule has 1 N–H and O–H groups in total. The Morgan fingerprint density at radius 3 is 2.72 bits per heavy atom. The largest absolute Gasteiger partial charge is 0.378 e. The van der Waals surface area contributed by atoms with E-state index in [0.717, 1.165) is 32.4 Å². The number of piperazine rings is 1. The Labute approximate surface area is 110 Å². The van der Waals surface area contributed by atoms with E-state index >= 15 is 0 Å². The molecule has 18 heavy (non-hydrogen) atoms. The van der Waals surface area contributed by atoms with Crippen molar-refractivity contribution < 1.29 is 9.53 Å². The third-order valence-corrected chi connectivity index (χ3v) is 4.29. The molecule has 1 amide bonds. The molecule has 0 aromatic rings. The number of hydrogen-bond donors (Lipinski definition) is 1. The molecule has 0 saturated carbocycles. The SMILES string of the molecule is CCC1CN(C(=O)C2COC(C)C2)C(CC)CN1. The Bertz CT molecular complexity index is 296. The number of ether oxygens (including phenoxy) is 1. The number of carbonyl (C=O) groups is 1. The van der Waals surface area contributed by atoms with Gasteiger partial charge in [0.1, 0.15) is 0 Å². The Hall–Kier alpha value is -0.610. The van der Waals surface area contributed by atoms with Gasteiger partial charge >= 0.3 is 0 Å². The first-order valence-corrected chi connectivity index (χ1v) is 7.31. The quantitative estimate of drug-likeness (QED) is 0.828. The smallest absolute Gasteiger partial charge is 0.228 e. The second-order valence-corrected chi connectivity index (χ2v) is 5.64. The molecule has 0 radical (unpaired) electrons. The van der Waals surface area contributed by atoms with E-state index in [1.807, 2.05) is 0 Å². The predicted octanol–water partition coefficient (Wildman–Crippen LogP) is 1.40. The van der Waals surface area contributed by atoms with Crippen molar-refractivity contribution in [1.82, 2.24) is 10.2 Å². The molecule has 2 aliphatic heterocycles. The molecular formula is C14H26N2O2. The highest BCUT2D eigenvalue weighted by atomic mass is 16.5. The lowest BCUT2D eigenvalue weighted by Crippen LogP contribution is -2.59. The van der Waals surface area contributed by atoms with Crippen LogP contribution < -0.4 is 5.32 Å². The first-order chi connectivity index (χ1) is 8.65. The molecule has 0 spiro atoms. The zero-order chi connectivity index (χ0) is 13.1. The fourth-order valence-electron chi connectivity index (χ4n) is 3.00. The lowest BCUT2D eigenvalue weighted by Gasteiger charge is -2.41. The first kappa shape index (κ1) is 13.8. The van der Waals surface area contributed by atoms with Gasteiger partial charge in [-0.15, -0.1) is 0 Å². The number of nitrogens with one attached hydrogen (secondary N) is 1. The summed E-state index contributed by atoms with van der Waals surface area (Å²) in [5, 5.41) is 3.53. The second-order valence-electron chi connectivity index (χ2n) is 5.64. The second kappa shape index (κ2) is 6.02. The minimum Gasteiger partial charge on any atom is -0.378 e. The fourth-order valence-corrected chi connectivity index (χ4v) is 3.00. The molecule has 2 heterocycles. The summed E-state index contributed by atoms with van der Waals surface area (Å²) < 4.78 is 5.54. The Balaban J connectivity index is 2.00. The van der Waals surface area contributed by atoms with Crippen molar-refractivity contribution in [3.05, 3.63) is 0 Å². The minimum atomic E-state index is 0.0876. The van der Waals surface area contributed by atoms with Gasteiger partial charge in [-0.25, -0.2) is 0 Å². The highest BCUT2D eigenvalue weighted by molar-refractivity contribution is 5.79. The van der Waals surface area contributed by atoms with Crippen LogP contribution in [-0.2, 0) is 9.53 Å². The van der Waals surface area contributed by atoms with Crippen LogP contribution in [0.15, 0.2) is 0 Å². The Morgan fingerprint density at radius 2 is 2.17 bits per heavy atom. The van der Waals surface area contributed by atoms with E-state index in [-0.39, 0.29) is 12.0 Å². The topological polar surface area (TPSA) is 41.6 Å². The normalized spacial score (nSPS) is 36.9. The third-order valence-electron chi connectivity index (χ3n) is 4.29. The molecule has 0 aliphatic carbocycles. The van der Waals surface area contributed by atoms with Gasteiger partial charge in [0.15, 0.2) is 0 Å². The van der Waals surface area contributed by atoms with Crippen molar-refractivity contribution in [3.8, 4) is 0 Å². The van der Waals surface area contributed by atoms with Crippen LogP contribution in [0.3, 0.4) is 0 Å². The summed E-state index contributed by atoms with van der Waals surface area (Å²) in [4.78, 5) is 14.7. The third kappa shape index (κ3) is 2.86. The van der Waals surface area contributed by atoms with Crippen LogP contribution >= 0.6 is 0 Å². The minimum absolute atomic E-state index is 0.0876. The van der Waals surface area contributed by atoms with Gasteiger partial charge in [0.05, 0.1) is 18.6 Å². The van der Waals surface area contributed by atoms with Crippen LogP contribution in [0.1, 0.15) is 40.0 Å². The average Bonchev–Trinajstić information content (AvgIpc) is 2.83. The maximum Gasteiger partial charge on any atom is 0.228 e. The highest BCUT2D eigenvalue weighted by Crippen LogP contribution is 2.24. The zero-order valence-corrected chi connectivity index (χ0v) is 11.8. The first-order valence-electron chi connectivity index (χ1n) is 7.31. The summed E-state index contributed by atoms with van der Waals surface area (Å²) in [6, 6.07) is 0.813. The van der Waals surface area contributed by atoms with E-state index in [1.54, 1.807) is 0 Å². The summed E-state index contributed by atoms with van der Waals surface area (Å²) in [7, 11) is 0. The van der Waals surface area contributed by atoms with Gasteiger partial charge in [-0.05, 0) is 26.2 Å². The van der Waals surface area contributed by atoms with Crippen LogP contribution in [0.2, 0.25) is 0 Å². The van der Waals surface area contributed by atoms with Crippen molar-refractivity contribution in [2.45, 2.75) is 58.2 Å². The Morgan fingerprint density at radius 1 is 1.39 bits per heavy atom. The standard InChI is InChI=1S/C14H26N2O2/c1-4-12-8-16(13(5-2)7-15-12)14(17)11-6-10(3)18-9-11/h10-13,15H,4-9H2,1-3H3. The van der Waals surface area contributed by atoms with E-state index in [2.05, 4.69) is 31.0 Å².